The molecule has 0 aromatic heterocycles. The molecule has 118 valence electrons. The van der Waals surface area contributed by atoms with Crippen molar-refractivity contribution in [3.05, 3.63) is 52.3 Å². The minimum absolute atomic E-state index is 0.0101. The maximum absolute atomic E-state index is 12.4. The third-order valence-electron chi connectivity index (χ3n) is 4.08. The number of rotatable bonds is 2. The Labute approximate surface area is 133 Å². The van der Waals surface area contributed by atoms with Gasteiger partial charge in [0.1, 0.15) is 5.75 Å². The lowest BCUT2D eigenvalue weighted by Gasteiger charge is -2.10. The Balaban J connectivity index is 2.05. The van der Waals surface area contributed by atoms with Crippen molar-refractivity contribution >= 4 is 11.9 Å². The molecule has 2 N–H and O–H groups in total. The van der Waals surface area contributed by atoms with Gasteiger partial charge in [-0.3, -0.25) is 4.79 Å². The van der Waals surface area contributed by atoms with Crippen molar-refractivity contribution in [2.45, 2.75) is 13.8 Å². The molecule has 0 spiro atoms. The topological polar surface area (TPSA) is 76.0 Å². The summed E-state index contributed by atoms with van der Waals surface area (Å²) in [5.74, 6) is -0.216. The average Bonchev–Trinajstić information content (AvgIpc) is 2.85. The maximum atomic E-state index is 12.4. The molecule has 2 aromatic carbocycles. The molecule has 3 rings (SSSR count). The van der Waals surface area contributed by atoms with Crippen LogP contribution in [0, 0.1) is 13.8 Å². The molecule has 0 bridgehead atoms. The minimum atomic E-state index is -0.429. The van der Waals surface area contributed by atoms with Gasteiger partial charge in [-0.1, -0.05) is 6.07 Å². The van der Waals surface area contributed by atoms with Gasteiger partial charge in [0.2, 0.25) is 11.5 Å². The summed E-state index contributed by atoms with van der Waals surface area (Å²) in [6.07, 6.45) is 1.63. The quantitative estimate of drug-likeness (QED) is 0.657. The van der Waals surface area contributed by atoms with Crippen LogP contribution in [0.3, 0.4) is 0 Å². The van der Waals surface area contributed by atoms with Gasteiger partial charge in [-0.05, 0) is 54.8 Å². The van der Waals surface area contributed by atoms with Crippen molar-refractivity contribution in [1.82, 2.24) is 0 Å². The van der Waals surface area contributed by atoms with Gasteiger partial charge in [0.15, 0.2) is 17.3 Å². The Morgan fingerprint density at radius 3 is 2.52 bits per heavy atom. The van der Waals surface area contributed by atoms with E-state index in [9.17, 15) is 15.0 Å². The Bertz CT molecular complexity index is 849. The van der Waals surface area contributed by atoms with Gasteiger partial charge in [0.25, 0.3) is 0 Å². The minimum Gasteiger partial charge on any atom is -0.504 e. The summed E-state index contributed by atoms with van der Waals surface area (Å²) in [4.78, 5) is 12.4. The summed E-state index contributed by atoms with van der Waals surface area (Å²) in [6.45, 7) is 3.87. The standard InChI is InChI=1S/C18H16O5/c1-9-10(2)14(22-3)7-4-11(9)8-15-16(20)12-5-6-13(19)17(21)18(12)23-15/h4-8,19,21H,1-3H3/b15-8-. The number of aromatic hydroxyl groups is 2. The average molecular weight is 312 g/mol. The molecule has 0 atom stereocenters. The maximum Gasteiger partial charge on any atom is 0.232 e. The Hall–Kier alpha value is -2.95. The zero-order chi connectivity index (χ0) is 16.7. The van der Waals surface area contributed by atoms with E-state index in [0.717, 1.165) is 22.4 Å². The second-order valence-electron chi connectivity index (χ2n) is 5.36. The highest BCUT2D eigenvalue weighted by molar-refractivity contribution is 6.15. The van der Waals surface area contributed by atoms with Crippen LogP contribution in [-0.4, -0.2) is 23.1 Å². The van der Waals surface area contributed by atoms with Gasteiger partial charge in [-0.2, -0.15) is 0 Å². The van der Waals surface area contributed by atoms with Crippen LogP contribution in [0.25, 0.3) is 6.08 Å². The predicted octanol–water partition coefficient (Wildman–Crippen LogP) is 3.34. The van der Waals surface area contributed by atoms with Crippen LogP contribution in [0.15, 0.2) is 30.0 Å². The van der Waals surface area contributed by atoms with E-state index in [2.05, 4.69) is 0 Å². The molecular weight excluding hydrogens is 296 g/mol. The zero-order valence-corrected chi connectivity index (χ0v) is 13.0. The Morgan fingerprint density at radius 1 is 1.09 bits per heavy atom. The Morgan fingerprint density at radius 2 is 1.83 bits per heavy atom. The van der Waals surface area contributed by atoms with Crippen LogP contribution in [0.4, 0.5) is 0 Å². The normalized spacial score (nSPS) is 14.7. The van der Waals surface area contributed by atoms with Crippen molar-refractivity contribution in [3.63, 3.8) is 0 Å². The number of allylic oxidation sites excluding steroid dienone is 1. The van der Waals surface area contributed by atoms with E-state index in [0.29, 0.717) is 0 Å². The lowest BCUT2D eigenvalue weighted by molar-refractivity contribution is 0.101. The van der Waals surface area contributed by atoms with Crippen molar-refractivity contribution < 1.29 is 24.5 Å². The summed E-state index contributed by atoms with van der Waals surface area (Å²) >= 11 is 0. The van der Waals surface area contributed by atoms with E-state index in [1.165, 1.54) is 12.1 Å². The number of phenols is 2. The van der Waals surface area contributed by atoms with E-state index < -0.39 is 5.75 Å². The van der Waals surface area contributed by atoms with Crippen LogP contribution < -0.4 is 9.47 Å². The molecule has 0 saturated carbocycles. The molecule has 2 aromatic rings. The molecule has 23 heavy (non-hydrogen) atoms. The highest BCUT2D eigenvalue weighted by atomic mass is 16.5. The monoisotopic (exact) mass is 312 g/mol. The number of methoxy groups -OCH3 is 1. The SMILES string of the molecule is COc1ccc(/C=C2\Oc3c(ccc(O)c3O)C2=O)c(C)c1C. The van der Waals surface area contributed by atoms with Crippen molar-refractivity contribution in [3.8, 4) is 23.0 Å². The largest absolute Gasteiger partial charge is 0.504 e. The Kier molecular flexibility index (Phi) is 3.48. The van der Waals surface area contributed by atoms with Gasteiger partial charge in [-0.15, -0.1) is 0 Å². The van der Waals surface area contributed by atoms with Gasteiger partial charge in [0.05, 0.1) is 12.7 Å². The van der Waals surface area contributed by atoms with E-state index >= 15 is 0 Å². The van der Waals surface area contributed by atoms with Gasteiger partial charge in [0, 0.05) is 0 Å². The van der Waals surface area contributed by atoms with E-state index in [-0.39, 0.29) is 28.6 Å². The molecule has 1 aliphatic rings. The molecule has 5 heteroatoms. The molecule has 0 fully saturated rings. The third kappa shape index (κ3) is 2.30. The smallest absolute Gasteiger partial charge is 0.232 e. The fraction of sp³-hybridized carbons (Fsp3) is 0.167. The van der Waals surface area contributed by atoms with Crippen molar-refractivity contribution in [2.24, 2.45) is 0 Å². The summed E-state index contributed by atoms with van der Waals surface area (Å²) in [7, 11) is 1.61. The van der Waals surface area contributed by atoms with Crippen LogP contribution in [0.1, 0.15) is 27.0 Å². The molecule has 1 aliphatic heterocycles. The molecule has 5 nitrogen and oxygen atoms in total. The molecule has 0 radical (unpaired) electrons. The van der Waals surface area contributed by atoms with Crippen LogP contribution in [0.2, 0.25) is 0 Å². The van der Waals surface area contributed by atoms with E-state index in [1.807, 2.05) is 26.0 Å². The summed E-state index contributed by atoms with van der Waals surface area (Å²) < 4.78 is 10.7. The first-order valence-corrected chi connectivity index (χ1v) is 7.07. The molecular formula is C18H16O5. The number of fused-ring (bicyclic) bond motifs is 1. The molecule has 1 heterocycles. The molecule has 0 amide bonds. The summed E-state index contributed by atoms with van der Waals surface area (Å²) in [5, 5.41) is 19.3. The number of ketones is 1. The molecule has 0 unspecified atom stereocenters. The van der Waals surface area contributed by atoms with Gasteiger partial charge < -0.3 is 19.7 Å². The number of phenolic OH excluding ortho intramolecular Hbond substituents is 2. The summed E-state index contributed by atoms with van der Waals surface area (Å²) in [6, 6.07) is 6.36. The number of carbonyl (C=O) groups excluding carboxylic acids is 1. The highest BCUT2D eigenvalue weighted by Gasteiger charge is 2.31. The third-order valence-corrected chi connectivity index (χ3v) is 4.08. The first-order chi connectivity index (χ1) is 10.9. The highest BCUT2D eigenvalue weighted by Crippen LogP contribution is 2.44. The van der Waals surface area contributed by atoms with E-state index in [4.69, 9.17) is 9.47 Å². The molecule has 0 aliphatic carbocycles. The fourth-order valence-corrected chi connectivity index (χ4v) is 2.56. The van der Waals surface area contributed by atoms with E-state index in [1.54, 1.807) is 13.2 Å². The number of hydrogen-bond acceptors (Lipinski definition) is 5. The predicted molar refractivity (Wildman–Crippen MR) is 85.2 cm³/mol. The fourth-order valence-electron chi connectivity index (χ4n) is 2.56. The van der Waals surface area contributed by atoms with Crippen molar-refractivity contribution in [1.29, 1.82) is 0 Å². The lowest BCUT2D eigenvalue weighted by Crippen LogP contribution is -1.99. The first-order valence-electron chi connectivity index (χ1n) is 7.07. The second kappa shape index (κ2) is 5.35. The number of Topliss-reactive ketones (excluding diaryl/α,β-unsaturated/α-hetero) is 1. The van der Waals surface area contributed by atoms with Crippen LogP contribution >= 0.6 is 0 Å². The van der Waals surface area contributed by atoms with Crippen molar-refractivity contribution in [2.75, 3.05) is 7.11 Å². The van der Waals surface area contributed by atoms with Crippen LogP contribution in [-0.2, 0) is 0 Å². The van der Waals surface area contributed by atoms with Gasteiger partial charge in [-0.25, -0.2) is 0 Å². The number of hydrogen-bond donors (Lipinski definition) is 2. The van der Waals surface area contributed by atoms with Gasteiger partial charge >= 0.3 is 0 Å². The van der Waals surface area contributed by atoms with Crippen LogP contribution in [0.5, 0.6) is 23.0 Å². The first kappa shape index (κ1) is 15.0. The number of benzene rings is 2. The number of ether oxygens (including phenoxy) is 2. The molecule has 0 saturated heterocycles. The number of carbonyl (C=O) groups is 1. The zero-order valence-electron chi connectivity index (χ0n) is 13.0. The second-order valence-corrected chi connectivity index (χ2v) is 5.36. The summed E-state index contributed by atoms with van der Waals surface area (Å²) in [5.41, 5.74) is 3.00. The lowest BCUT2D eigenvalue weighted by atomic mass is 10.0.